The summed E-state index contributed by atoms with van der Waals surface area (Å²) in [7, 11) is 0. The van der Waals surface area contributed by atoms with Gasteiger partial charge in [-0.1, -0.05) is 23.8 Å². The normalized spacial score (nSPS) is 10.5. The summed E-state index contributed by atoms with van der Waals surface area (Å²) in [5.74, 6) is -0.452. The maximum absolute atomic E-state index is 11.7. The van der Waals surface area contributed by atoms with Gasteiger partial charge >= 0.3 is 5.97 Å². The molecular formula is C18H21N3O3. The lowest BCUT2D eigenvalue weighted by molar-refractivity contribution is -0.136. The van der Waals surface area contributed by atoms with Crippen LogP contribution in [0.5, 0.6) is 0 Å². The Hall–Kier alpha value is -2.76. The fourth-order valence-corrected chi connectivity index (χ4v) is 2.50. The first kappa shape index (κ1) is 17.6. The molecule has 0 bridgehead atoms. The minimum absolute atomic E-state index is 0.00509. The van der Waals surface area contributed by atoms with E-state index in [1.54, 1.807) is 24.1 Å². The lowest BCUT2D eigenvalue weighted by atomic mass is 10.0. The molecule has 0 aliphatic heterocycles. The molecule has 126 valence electrons. The monoisotopic (exact) mass is 327 g/mol. The first-order valence-corrected chi connectivity index (χ1v) is 7.79. The van der Waals surface area contributed by atoms with Crippen molar-refractivity contribution in [3.05, 3.63) is 47.3 Å². The molecule has 1 amide bonds. The van der Waals surface area contributed by atoms with Crippen LogP contribution in [0.3, 0.4) is 0 Å². The highest BCUT2D eigenvalue weighted by atomic mass is 16.4. The van der Waals surface area contributed by atoms with Gasteiger partial charge in [-0.15, -0.1) is 0 Å². The van der Waals surface area contributed by atoms with E-state index in [2.05, 4.69) is 9.97 Å². The molecule has 0 unspecified atom stereocenters. The molecule has 1 heterocycles. The number of hydrogen-bond donors (Lipinski definition) is 1. The number of nitrogens with zero attached hydrogens (tertiary/aromatic N) is 3. The molecule has 0 fully saturated rings. The van der Waals surface area contributed by atoms with Crippen molar-refractivity contribution >= 4 is 11.9 Å². The standard InChI is InChI=1S/C18H21N3O3/c1-4-21(13(3)22)11-14-9-12(2)5-6-16(14)18-19-8-7-15(20-18)10-17(23)24/h5-9H,4,10-11H2,1-3H3,(H,23,24). The van der Waals surface area contributed by atoms with Crippen LogP contribution in [-0.4, -0.2) is 38.4 Å². The maximum atomic E-state index is 11.7. The van der Waals surface area contributed by atoms with Gasteiger partial charge in [0.25, 0.3) is 0 Å². The molecule has 0 aliphatic carbocycles. The lowest BCUT2D eigenvalue weighted by Crippen LogP contribution is -2.28. The molecule has 2 rings (SSSR count). The molecule has 0 radical (unpaired) electrons. The van der Waals surface area contributed by atoms with Crippen molar-refractivity contribution < 1.29 is 14.7 Å². The van der Waals surface area contributed by atoms with Crippen LogP contribution in [0.15, 0.2) is 30.5 Å². The van der Waals surface area contributed by atoms with E-state index >= 15 is 0 Å². The predicted molar refractivity (Wildman–Crippen MR) is 90.3 cm³/mol. The summed E-state index contributed by atoms with van der Waals surface area (Å²) < 4.78 is 0. The molecule has 1 aromatic carbocycles. The molecule has 6 nitrogen and oxygen atoms in total. The Morgan fingerprint density at radius 3 is 2.62 bits per heavy atom. The van der Waals surface area contributed by atoms with Crippen LogP contribution in [0, 0.1) is 6.92 Å². The Kier molecular flexibility index (Phi) is 5.63. The number of carboxylic acids is 1. The van der Waals surface area contributed by atoms with E-state index in [0.717, 1.165) is 16.7 Å². The quantitative estimate of drug-likeness (QED) is 0.881. The van der Waals surface area contributed by atoms with Crippen LogP contribution in [0.2, 0.25) is 0 Å². The molecule has 24 heavy (non-hydrogen) atoms. The summed E-state index contributed by atoms with van der Waals surface area (Å²) in [4.78, 5) is 33.0. The maximum Gasteiger partial charge on any atom is 0.309 e. The topological polar surface area (TPSA) is 83.4 Å². The Morgan fingerprint density at radius 2 is 2.00 bits per heavy atom. The summed E-state index contributed by atoms with van der Waals surface area (Å²) in [5.41, 5.74) is 3.29. The van der Waals surface area contributed by atoms with Crippen LogP contribution in [0.1, 0.15) is 30.7 Å². The number of carbonyl (C=O) groups is 2. The fraction of sp³-hybridized carbons (Fsp3) is 0.333. The summed E-state index contributed by atoms with van der Waals surface area (Å²) in [6.45, 7) is 6.54. The Balaban J connectivity index is 2.43. The summed E-state index contributed by atoms with van der Waals surface area (Å²) >= 11 is 0. The molecule has 0 saturated heterocycles. The summed E-state index contributed by atoms with van der Waals surface area (Å²) in [5, 5.41) is 8.93. The van der Waals surface area contributed by atoms with E-state index in [1.165, 1.54) is 0 Å². The number of aromatic nitrogens is 2. The van der Waals surface area contributed by atoms with Crippen molar-refractivity contribution in [2.24, 2.45) is 0 Å². The van der Waals surface area contributed by atoms with Crippen LogP contribution >= 0.6 is 0 Å². The molecule has 0 aliphatic rings. The van der Waals surface area contributed by atoms with Gasteiger partial charge in [0.15, 0.2) is 5.82 Å². The van der Waals surface area contributed by atoms with Gasteiger partial charge in [-0.2, -0.15) is 0 Å². The van der Waals surface area contributed by atoms with Crippen molar-refractivity contribution in [3.8, 4) is 11.4 Å². The lowest BCUT2D eigenvalue weighted by Gasteiger charge is -2.21. The van der Waals surface area contributed by atoms with E-state index in [0.29, 0.717) is 24.6 Å². The largest absolute Gasteiger partial charge is 0.481 e. The van der Waals surface area contributed by atoms with Crippen molar-refractivity contribution in [1.29, 1.82) is 0 Å². The minimum Gasteiger partial charge on any atom is -0.481 e. The predicted octanol–water partition coefficient (Wildman–Crippen LogP) is 2.45. The zero-order valence-electron chi connectivity index (χ0n) is 14.1. The number of carboxylic acid groups (broad SMARTS) is 1. The van der Waals surface area contributed by atoms with Crippen LogP contribution in [-0.2, 0) is 22.6 Å². The molecule has 6 heteroatoms. The van der Waals surface area contributed by atoms with Crippen molar-refractivity contribution in [1.82, 2.24) is 14.9 Å². The number of carbonyl (C=O) groups excluding carboxylic acids is 1. The number of rotatable bonds is 6. The number of amides is 1. The second kappa shape index (κ2) is 7.68. The van der Waals surface area contributed by atoms with Gasteiger partial charge in [-0.25, -0.2) is 9.97 Å². The van der Waals surface area contributed by atoms with Gasteiger partial charge in [-0.05, 0) is 25.5 Å². The van der Waals surface area contributed by atoms with Crippen molar-refractivity contribution in [3.63, 3.8) is 0 Å². The molecule has 0 atom stereocenters. The van der Waals surface area contributed by atoms with Crippen LogP contribution in [0.25, 0.3) is 11.4 Å². The Labute approximate surface area is 141 Å². The zero-order chi connectivity index (χ0) is 17.7. The fourth-order valence-electron chi connectivity index (χ4n) is 2.50. The highest BCUT2D eigenvalue weighted by Gasteiger charge is 2.14. The third-order valence-corrected chi connectivity index (χ3v) is 3.74. The zero-order valence-corrected chi connectivity index (χ0v) is 14.1. The average molecular weight is 327 g/mol. The number of aryl methyl sites for hydroxylation is 1. The molecular weight excluding hydrogens is 306 g/mol. The van der Waals surface area contributed by atoms with Crippen molar-refractivity contribution in [2.75, 3.05) is 6.54 Å². The first-order valence-electron chi connectivity index (χ1n) is 7.79. The molecule has 2 aromatic rings. The second-order valence-electron chi connectivity index (χ2n) is 5.64. The SMILES string of the molecule is CCN(Cc1cc(C)ccc1-c1nccc(CC(=O)O)n1)C(C)=O. The Morgan fingerprint density at radius 1 is 1.25 bits per heavy atom. The number of hydrogen-bond acceptors (Lipinski definition) is 4. The van der Waals surface area contributed by atoms with Gasteiger partial charge in [0, 0.05) is 31.8 Å². The highest BCUT2D eigenvalue weighted by Crippen LogP contribution is 2.23. The average Bonchev–Trinajstić information content (AvgIpc) is 2.52. The number of aliphatic carboxylic acids is 1. The molecule has 1 aromatic heterocycles. The minimum atomic E-state index is -0.933. The molecule has 0 saturated carbocycles. The van der Waals surface area contributed by atoms with Gasteiger partial charge in [0.05, 0.1) is 12.1 Å². The van der Waals surface area contributed by atoms with Gasteiger partial charge in [0.1, 0.15) is 0 Å². The van der Waals surface area contributed by atoms with E-state index < -0.39 is 5.97 Å². The molecule has 0 spiro atoms. The van der Waals surface area contributed by atoms with E-state index in [1.807, 2.05) is 32.0 Å². The number of benzene rings is 1. The van der Waals surface area contributed by atoms with Gasteiger partial charge in [-0.3, -0.25) is 9.59 Å². The first-order chi connectivity index (χ1) is 11.4. The third-order valence-electron chi connectivity index (χ3n) is 3.74. The smallest absolute Gasteiger partial charge is 0.309 e. The molecule has 1 N–H and O–H groups in total. The third kappa shape index (κ3) is 4.38. The van der Waals surface area contributed by atoms with Crippen molar-refractivity contribution in [2.45, 2.75) is 33.7 Å². The van der Waals surface area contributed by atoms with Gasteiger partial charge < -0.3 is 10.0 Å². The summed E-state index contributed by atoms with van der Waals surface area (Å²) in [6.07, 6.45) is 1.41. The second-order valence-corrected chi connectivity index (χ2v) is 5.64. The van der Waals surface area contributed by atoms with Crippen LogP contribution in [0.4, 0.5) is 0 Å². The van der Waals surface area contributed by atoms with Gasteiger partial charge in [0.2, 0.25) is 5.91 Å². The van der Waals surface area contributed by atoms with Crippen LogP contribution < -0.4 is 0 Å². The van der Waals surface area contributed by atoms with E-state index in [4.69, 9.17) is 5.11 Å². The van der Waals surface area contributed by atoms with E-state index in [-0.39, 0.29) is 12.3 Å². The highest BCUT2D eigenvalue weighted by molar-refractivity contribution is 5.74. The Bertz CT molecular complexity index is 759. The summed E-state index contributed by atoms with van der Waals surface area (Å²) in [6, 6.07) is 7.47. The van der Waals surface area contributed by atoms with E-state index in [9.17, 15) is 9.59 Å².